The van der Waals surface area contributed by atoms with E-state index in [0.29, 0.717) is 0 Å². The van der Waals surface area contributed by atoms with Gasteiger partial charge in [0.15, 0.2) is 0 Å². The van der Waals surface area contributed by atoms with Crippen molar-refractivity contribution >= 4 is 11.3 Å². The van der Waals surface area contributed by atoms with Gasteiger partial charge in [-0.15, -0.1) is 11.3 Å². The average Bonchev–Trinajstić information content (AvgIpc) is 2.96. The van der Waals surface area contributed by atoms with Gasteiger partial charge in [0, 0.05) is 37.2 Å². The Morgan fingerprint density at radius 2 is 1.89 bits per heavy atom. The van der Waals surface area contributed by atoms with Gasteiger partial charge in [-0.05, 0) is 17.7 Å². The second kappa shape index (κ2) is 7.11. The van der Waals surface area contributed by atoms with Gasteiger partial charge in [-0.3, -0.25) is 0 Å². The monoisotopic (exact) mass is 278 g/mol. The molecule has 0 spiro atoms. The predicted octanol–water partition coefficient (Wildman–Crippen LogP) is 2.49. The first kappa shape index (κ1) is 13.8. The van der Waals surface area contributed by atoms with E-state index < -0.39 is 0 Å². The first-order chi connectivity index (χ1) is 9.31. The third-order valence-electron chi connectivity index (χ3n) is 2.74. The molecule has 0 bridgehead atoms. The molecule has 0 atom stereocenters. The molecule has 0 aliphatic rings. The summed E-state index contributed by atoms with van der Waals surface area (Å²) in [5, 5.41) is 6.56. The lowest BCUT2D eigenvalue weighted by atomic mass is 10.2. The third-order valence-corrected chi connectivity index (χ3v) is 3.58. The first-order valence-electron chi connectivity index (χ1n) is 6.13. The smallest absolute Gasteiger partial charge is 0.122 e. The molecule has 19 heavy (non-hydrogen) atoms. The Balaban J connectivity index is 1.84. The van der Waals surface area contributed by atoms with Crippen LogP contribution in [-0.2, 0) is 13.0 Å². The van der Waals surface area contributed by atoms with Gasteiger partial charge >= 0.3 is 0 Å². The van der Waals surface area contributed by atoms with Crippen LogP contribution in [0.2, 0.25) is 0 Å². The molecule has 1 N–H and O–H groups in total. The normalized spacial score (nSPS) is 10.4. The molecule has 0 fully saturated rings. The largest absolute Gasteiger partial charge is 0.497 e. The first-order valence-corrected chi connectivity index (χ1v) is 7.01. The summed E-state index contributed by atoms with van der Waals surface area (Å²) in [5.41, 5.74) is 1.15. The molecule has 5 heteroatoms. The van der Waals surface area contributed by atoms with Gasteiger partial charge in [0.25, 0.3) is 0 Å². The van der Waals surface area contributed by atoms with Crippen molar-refractivity contribution in [3.63, 3.8) is 0 Å². The Kier molecular flexibility index (Phi) is 5.18. The number of ether oxygens (including phenoxy) is 2. The van der Waals surface area contributed by atoms with Crippen molar-refractivity contribution in [1.29, 1.82) is 0 Å². The van der Waals surface area contributed by atoms with E-state index in [1.54, 1.807) is 25.6 Å². The van der Waals surface area contributed by atoms with Gasteiger partial charge in [0.2, 0.25) is 0 Å². The third kappa shape index (κ3) is 4.22. The highest BCUT2D eigenvalue weighted by Gasteiger charge is 2.02. The highest BCUT2D eigenvalue weighted by Crippen LogP contribution is 2.22. The van der Waals surface area contributed by atoms with E-state index in [0.717, 1.165) is 41.6 Å². The summed E-state index contributed by atoms with van der Waals surface area (Å²) < 4.78 is 10.5. The molecular weight excluding hydrogens is 260 g/mol. The predicted molar refractivity (Wildman–Crippen MR) is 77.1 cm³/mol. The second-order valence-electron chi connectivity index (χ2n) is 4.07. The van der Waals surface area contributed by atoms with Gasteiger partial charge in [-0.1, -0.05) is 0 Å². The van der Waals surface area contributed by atoms with E-state index in [-0.39, 0.29) is 0 Å². The number of nitrogens with one attached hydrogen (secondary N) is 1. The lowest BCUT2D eigenvalue weighted by molar-refractivity contribution is 0.393. The Hall–Kier alpha value is -1.59. The molecule has 0 amide bonds. The second-order valence-corrected chi connectivity index (χ2v) is 5.05. The van der Waals surface area contributed by atoms with Crippen LogP contribution in [-0.4, -0.2) is 25.7 Å². The molecular formula is C14H18N2O2S. The molecule has 0 aliphatic heterocycles. The minimum Gasteiger partial charge on any atom is -0.497 e. The molecule has 0 saturated heterocycles. The number of nitrogens with zero attached hydrogens (tertiary/aromatic N) is 1. The van der Waals surface area contributed by atoms with Crippen molar-refractivity contribution in [2.45, 2.75) is 13.0 Å². The zero-order chi connectivity index (χ0) is 13.5. The van der Waals surface area contributed by atoms with Crippen LogP contribution in [0, 0.1) is 0 Å². The molecule has 102 valence electrons. The van der Waals surface area contributed by atoms with Gasteiger partial charge in [0.1, 0.15) is 11.5 Å². The zero-order valence-corrected chi connectivity index (χ0v) is 12.0. The van der Waals surface area contributed by atoms with E-state index in [4.69, 9.17) is 9.47 Å². The number of methoxy groups -OCH3 is 2. The van der Waals surface area contributed by atoms with Crippen LogP contribution in [0.5, 0.6) is 11.5 Å². The Labute approximate surface area is 117 Å². The van der Waals surface area contributed by atoms with Crippen LogP contribution in [0.1, 0.15) is 10.6 Å². The lowest BCUT2D eigenvalue weighted by Gasteiger charge is -2.09. The fourth-order valence-electron chi connectivity index (χ4n) is 1.77. The molecule has 0 aliphatic carbocycles. The minimum absolute atomic E-state index is 0.791. The van der Waals surface area contributed by atoms with E-state index in [2.05, 4.69) is 10.3 Å². The van der Waals surface area contributed by atoms with Crippen molar-refractivity contribution in [1.82, 2.24) is 10.3 Å². The SMILES string of the molecule is COc1cc(CNCCc2nccs2)cc(OC)c1. The van der Waals surface area contributed by atoms with E-state index in [9.17, 15) is 0 Å². The highest BCUT2D eigenvalue weighted by atomic mass is 32.1. The van der Waals surface area contributed by atoms with Gasteiger partial charge in [0.05, 0.1) is 19.2 Å². The van der Waals surface area contributed by atoms with Gasteiger partial charge in [-0.25, -0.2) is 4.98 Å². The molecule has 1 aromatic heterocycles. The molecule has 1 heterocycles. The summed E-state index contributed by atoms with van der Waals surface area (Å²) in [6, 6.07) is 5.90. The fraction of sp³-hybridized carbons (Fsp3) is 0.357. The van der Waals surface area contributed by atoms with Crippen molar-refractivity contribution < 1.29 is 9.47 Å². The summed E-state index contributed by atoms with van der Waals surface area (Å²) in [6.45, 7) is 1.70. The number of benzene rings is 1. The molecule has 0 unspecified atom stereocenters. The molecule has 0 saturated carbocycles. The lowest BCUT2D eigenvalue weighted by Crippen LogP contribution is -2.16. The van der Waals surface area contributed by atoms with Crippen LogP contribution in [0.3, 0.4) is 0 Å². The van der Waals surface area contributed by atoms with Crippen LogP contribution >= 0.6 is 11.3 Å². The maximum absolute atomic E-state index is 5.25. The molecule has 4 nitrogen and oxygen atoms in total. The molecule has 2 aromatic rings. The fourth-order valence-corrected chi connectivity index (χ4v) is 2.39. The number of rotatable bonds is 7. The van der Waals surface area contributed by atoms with Gasteiger partial charge < -0.3 is 14.8 Å². The van der Waals surface area contributed by atoms with Crippen LogP contribution in [0.25, 0.3) is 0 Å². The standard InChI is InChI=1S/C14H18N2O2S/c1-17-12-7-11(8-13(9-12)18-2)10-15-4-3-14-16-5-6-19-14/h5-9,15H,3-4,10H2,1-2H3. The van der Waals surface area contributed by atoms with Crippen molar-refractivity contribution in [3.05, 3.63) is 40.3 Å². The van der Waals surface area contributed by atoms with E-state index in [1.165, 1.54) is 0 Å². The summed E-state index contributed by atoms with van der Waals surface area (Å²) in [5.74, 6) is 1.63. The molecule has 1 aromatic carbocycles. The van der Waals surface area contributed by atoms with Crippen molar-refractivity contribution in [2.75, 3.05) is 20.8 Å². The number of hydrogen-bond acceptors (Lipinski definition) is 5. The van der Waals surface area contributed by atoms with E-state index >= 15 is 0 Å². The number of thiazole rings is 1. The van der Waals surface area contributed by atoms with Crippen molar-refractivity contribution in [3.8, 4) is 11.5 Å². The number of aromatic nitrogens is 1. The summed E-state index contributed by atoms with van der Waals surface area (Å²) >= 11 is 1.69. The Morgan fingerprint density at radius 1 is 1.16 bits per heavy atom. The van der Waals surface area contributed by atoms with Gasteiger partial charge in [-0.2, -0.15) is 0 Å². The Morgan fingerprint density at radius 3 is 2.47 bits per heavy atom. The van der Waals surface area contributed by atoms with Crippen LogP contribution < -0.4 is 14.8 Å². The maximum Gasteiger partial charge on any atom is 0.122 e. The summed E-state index contributed by atoms with van der Waals surface area (Å²) in [7, 11) is 3.32. The average molecular weight is 278 g/mol. The maximum atomic E-state index is 5.25. The minimum atomic E-state index is 0.791. The quantitative estimate of drug-likeness (QED) is 0.790. The summed E-state index contributed by atoms with van der Waals surface area (Å²) in [6.07, 6.45) is 2.80. The van der Waals surface area contributed by atoms with Crippen LogP contribution in [0.15, 0.2) is 29.8 Å². The van der Waals surface area contributed by atoms with Crippen LogP contribution in [0.4, 0.5) is 0 Å². The molecule has 2 rings (SSSR count). The Bertz CT molecular complexity index is 478. The number of hydrogen-bond donors (Lipinski definition) is 1. The van der Waals surface area contributed by atoms with Crippen molar-refractivity contribution in [2.24, 2.45) is 0 Å². The summed E-state index contributed by atoms with van der Waals surface area (Å²) in [4.78, 5) is 4.25. The zero-order valence-electron chi connectivity index (χ0n) is 11.2. The highest BCUT2D eigenvalue weighted by molar-refractivity contribution is 7.09. The topological polar surface area (TPSA) is 43.4 Å². The van der Waals surface area contributed by atoms with E-state index in [1.807, 2.05) is 29.8 Å². The molecule has 0 radical (unpaired) electrons.